The summed E-state index contributed by atoms with van der Waals surface area (Å²) in [4.78, 5) is 4.89. The van der Waals surface area contributed by atoms with Crippen molar-refractivity contribution in [3.05, 3.63) is 0 Å². The maximum absolute atomic E-state index is 5.40. The van der Waals surface area contributed by atoms with E-state index in [4.69, 9.17) is 10.5 Å². The number of hydrogen-bond donors (Lipinski definition) is 1. The second-order valence-corrected chi connectivity index (χ2v) is 4.91. The third kappa shape index (κ3) is 4.07. The van der Waals surface area contributed by atoms with Crippen LogP contribution >= 0.6 is 0 Å². The molecule has 1 fully saturated rings. The first-order chi connectivity index (χ1) is 7.06. The molecule has 0 atom stereocenters. The van der Waals surface area contributed by atoms with Crippen molar-refractivity contribution in [3.8, 4) is 0 Å². The van der Waals surface area contributed by atoms with E-state index in [1.165, 1.54) is 0 Å². The minimum Gasteiger partial charge on any atom is -0.379 e. The molecule has 0 radical (unpaired) electrons. The van der Waals surface area contributed by atoms with Crippen LogP contribution in [0.4, 0.5) is 0 Å². The summed E-state index contributed by atoms with van der Waals surface area (Å²) in [6.45, 7) is 11.1. The van der Waals surface area contributed by atoms with Gasteiger partial charge in [0.1, 0.15) is 0 Å². The van der Waals surface area contributed by atoms with Gasteiger partial charge in [-0.15, -0.1) is 0 Å². The average Bonchev–Trinajstić information content (AvgIpc) is 2.18. The van der Waals surface area contributed by atoms with Gasteiger partial charge in [-0.05, 0) is 20.9 Å². The molecule has 2 N–H and O–H groups in total. The summed E-state index contributed by atoms with van der Waals surface area (Å²) in [7, 11) is 2.20. The average molecular weight is 215 g/mol. The van der Waals surface area contributed by atoms with Crippen molar-refractivity contribution in [3.63, 3.8) is 0 Å². The highest BCUT2D eigenvalue weighted by atomic mass is 16.5. The molecule has 0 amide bonds. The van der Waals surface area contributed by atoms with E-state index in [0.717, 1.165) is 32.8 Å². The Morgan fingerprint density at radius 1 is 1.27 bits per heavy atom. The fraction of sp³-hybridized carbons (Fsp3) is 1.00. The largest absolute Gasteiger partial charge is 0.379 e. The van der Waals surface area contributed by atoms with E-state index in [-0.39, 0.29) is 5.54 Å². The van der Waals surface area contributed by atoms with Crippen molar-refractivity contribution in [1.82, 2.24) is 9.80 Å². The van der Waals surface area contributed by atoms with Crippen LogP contribution in [0.25, 0.3) is 0 Å². The molecule has 0 bridgehead atoms. The maximum atomic E-state index is 5.40. The van der Waals surface area contributed by atoms with E-state index in [0.29, 0.717) is 13.2 Å². The van der Waals surface area contributed by atoms with Crippen LogP contribution in [0.1, 0.15) is 13.8 Å². The van der Waals surface area contributed by atoms with Gasteiger partial charge in [-0.1, -0.05) is 0 Å². The van der Waals surface area contributed by atoms with Crippen LogP contribution in [0.3, 0.4) is 0 Å². The predicted octanol–water partition coefficient (Wildman–Crippen LogP) is -0.0123. The van der Waals surface area contributed by atoms with Crippen molar-refractivity contribution >= 4 is 0 Å². The molecule has 1 heterocycles. The monoisotopic (exact) mass is 215 g/mol. The van der Waals surface area contributed by atoms with Gasteiger partial charge in [-0.2, -0.15) is 0 Å². The lowest BCUT2D eigenvalue weighted by Gasteiger charge is -2.45. The lowest BCUT2D eigenvalue weighted by molar-refractivity contribution is 0.0217. The van der Waals surface area contributed by atoms with Crippen molar-refractivity contribution in [2.24, 2.45) is 5.73 Å². The second kappa shape index (κ2) is 5.80. The summed E-state index contributed by atoms with van der Waals surface area (Å²) in [6, 6.07) is 0. The quantitative estimate of drug-likeness (QED) is 0.655. The first-order valence-electron chi connectivity index (χ1n) is 5.77. The van der Waals surface area contributed by atoms with Crippen LogP contribution in [0.2, 0.25) is 0 Å². The molecule has 1 saturated heterocycles. The molecule has 0 spiro atoms. The molecule has 90 valence electrons. The van der Waals surface area contributed by atoms with Crippen molar-refractivity contribution in [1.29, 1.82) is 0 Å². The molecule has 0 aromatic heterocycles. The fourth-order valence-corrected chi connectivity index (χ4v) is 1.91. The first-order valence-corrected chi connectivity index (χ1v) is 5.77. The van der Waals surface area contributed by atoms with E-state index in [1.54, 1.807) is 0 Å². The molecular weight excluding hydrogens is 190 g/mol. The maximum Gasteiger partial charge on any atom is 0.0594 e. The number of likely N-dealkylation sites (N-methyl/N-ethyl adjacent to an activating group) is 1. The van der Waals surface area contributed by atoms with Crippen molar-refractivity contribution < 1.29 is 4.74 Å². The molecule has 1 aliphatic heterocycles. The van der Waals surface area contributed by atoms with Crippen LogP contribution in [-0.2, 0) is 4.74 Å². The highest BCUT2D eigenvalue weighted by molar-refractivity contribution is 4.87. The van der Waals surface area contributed by atoms with Crippen LogP contribution < -0.4 is 5.73 Å². The summed E-state index contributed by atoms with van der Waals surface area (Å²) in [5, 5.41) is 0. The minimum absolute atomic E-state index is 0.284. The van der Waals surface area contributed by atoms with E-state index in [1.807, 2.05) is 0 Å². The molecule has 0 saturated carbocycles. The number of nitrogens with two attached hydrogens (primary N) is 1. The third-order valence-electron chi connectivity index (χ3n) is 3.21. The highest BCUT2D eigenvalue weighted by Crippen LogP contribution is 2.18. The summed E-state index contributed by atoms with van der Waals surface area (Å²) in [5.74, 6) is 0. The number of nitrogens with zero attached hydrogens (tertiary/aromatic N) is 2. The molecule has 0 aliphatic carbocycles. The van der Waals surface area contributed by atoms with Gasteiger partial charge in [0.2, 0.25) is 0 Å². The standard InChI is InChI=1S/C11H25N3O/c1-11(2)10-14(6-5-13(11)3)7-9-15-8-4-12/h4-10,12H2,1-3H3. The predicted molar refractivity (Wildman–Crippen MR) is 63.0 cm³/mol. The third-order valence-corrected chi connectivity index (χ3v) is 3.21. The number of hydrogen-bond acceptors (Lipinski definition) is 4. The Labute approximate surface area is 93.4 Å². The van der Waals surface area contributed by atoms with E-state index in [9.17, 15) is 0 Å². The normalized spacial score (nSPS) is 23.2. The SMILES string of the molecule is CN1CCN(CCOCCN)CC1(C)C. The van der Waals surface area contributed by atoms with Crippen LogP contribution in [0.15, 0.2) is 0 Å². The Hall–Kier alpha value is -0.160. The molecule has 0 aromatic rings. The van der Waals surface area contributed by atoms with Gasteiger partial charge in [-0.25, -0.2) is 0 Å². The highest BCUT2D eigenvalue weighted by Gasteiger charge is 2.30. The zero-order valence-electron chi connectivity index (χ0n) is 10.3. The molecule has 15 heavy (non-hydrogen) atoms. The Morgan fingerprint density at radius 3 is 2.60 bits per heavy atom. The van der Waals surface area contributed by atoms with Crippen LogP contribution in [0, 0.1) is 0 Å². The number of rotatable bonds is 5. The van der Waals surface area contributed by atoms with Gasteiger partial charge < -0.3 is 10.5 Å². The number of piperazine rings is 1. The summed E-state index contributed by atoms with van der Waals surface area (Å²) < 4.78 is 5.40. The Morgan fingerprint density at radius 2 is 2.00 bits per heavy atom. The first kappa shape index (κ1) is 12.9. The fourth-order valence-electron chi connectivity index (χ4n) is 1.91. The molecule has 4 heteroatoms. The van der Waals surface area contributed by atoms with Gasteiger partial charge in [0.05, 0.1) is 13.2 Å². The minimum atomic E-state index is 0.284. The van der Waals surface area contributed by atoms with Gasteiger partial charge in [0.25, 0.3) is 0 Å². The smallest absolute Gasteiger partial charge is 0.0594 e. The number of ether oxygens (including phenoxy) is 1. The second-order valence-electron chi connectivity index (χ2n) is 4.91. The topological polar surface area (TPSA) is 41.7 Å². The lowest BCUT2D eigenvalue weighted by Crippen LogP contribution is -2.58. The molecule has 4 nitrogen and oxygen atoms in total. The van der Waals surface area contributed by atoms with Crippen molar-refractivity contribution in [2.75, 3.05) is 53.0 Å². The Balaban J connectivity index is 2.21. The molecule has 1 aliphatic rings. The van der Waals surface area contributed by atoms with Gasteiger partial charge in [0, 0.05) is 38.3 Å². The van der Waals surface area contributed by atoms with Crippen LogP contribution in [-0.4, -0.2) is 68.3 Å². The summed E-state index contributed by atoms with van der Waals surface area (Å²) in [5.41, 5.74) is 5.65. The Kier molecular flexibility index (Phi) is 4.99. The molecular formula is C11H25N3O. The van der Waals surface area contributed by atoms with Gasteiger partial charge in [-0.3, -0.25) is 9.80 Å². The summed E-state index contributed by atoms with van der Waals surface area (Å²) in [6.07, 6.45) is 0. The van der Waals surface area contributed by atoms with E-state index < -0.39 is 0 Å². The summed E-state index contributed by atoms with van der Waals surface area (Å²) >= 11 is 0. The van der Waals surface area contributed by atoms with Crippen LogP contribution in [0.5, 0.6) is 0 Å². The zero-order valence-corrected chi connectivity index (χ0v) is 10.3. The lowest BCUT2D eigenvalue weighted by atomic mass is 10.00. The molecule has 0 unspecified atom stereocenters. The molecule has 1 rings (SSSR count). The van der Waals surface area contributed by atoms with E-state index >= 15 is 0 Å². The Bertz CT molecular complexity index is 185. The van der Waals surface area contributed by atoms with Gasteiger partial charge >= 0.3 is 0 Å². The molecule has 0 aromatic carbocycles. The van der Waals surface area contributed by atoms with Gasteiger partial charge in [0.15, 0.2) is 0 Å². The van der Waals surface area contributed by atoms with E-state index in [2.05, 4.69) is 30.7 Å². The zero-order chi connectivity index (χ0) is 11.3. The van der Waals surface area contributed by atoms with Crippen molar-refractivity contribution in [2.45, 2.75) is 19.4 Å².